The average molecular weight is 324 g/mol. The standard InChI is InChI=1S/C14H11BrFNO2/c1-8-4-9(6-10(15)5-8)14(19)17-13-3-2-11(18)7-12(13)16/h2-7,18H,1H3,(H,17,19). The first-order valence-corrected chi connectivity index (χ1v) is 6.32. The van der Waals surface area contributed by atoms with Gasteiger partial charge in [-0.15, -0.1) is 0 Å². The number of halogens is 2. The third-order valence-corrected chi connectivity index (χ3v) is 2.96. The van der Waals surface area contributed by atoms with Gasteiger partial charge in [0, 0.05) is 16.1 Å². The van der Waals surface area contributed by atoms with Gasteiger partial charge in [-0.2, -0.15) is 0 Å². The molecule has 0 aliphatic heterocycles. The van der Waals surface area contributed by atoms with Gasteiger partial charge >= 0.3 is 0 Å². The number of aryl methyl sites for hydroxylation is 1. The van der Waals surface area contributed by atoms with Gasteiger partial charge in [0.2, 0.25) is 0 Å². The predicted octanol–water partition coefficient (Wildman–Crippen LogP) is 3.85. The number of phenols is 1. The van der Waals surface area contributed by atoms with Gasteiger partial charge in [-0.3, -0.25) is 4.79 Å². The van der Waals surface area contributed by atoms with E-state index in [2.05, 4.69) is 21.2 Å². The van der Waals surface area contributed by atoms with Crippen molar-refractivity contribution >= 4 is 27.5 Å². The van der Waals surface area contributed by atoms with Gasteiger partial charge in [0.25, 0.3) is 5.91 Å². The monoisotopic (exact) mass is 323 g/mol. The number of hydrogen-bond donors (Lipinski definition) is 2. The van der Waals surface area contributed by atoms with Crippen molar-refractivity contribution in [2.75, 3.05) is 5.32 Å². The number of rotatable bonds is 2. The molecule has 98 valence electrons. The van der Waals surface area contributed by atoms with E-state index in [1.165, 1.54) is 12.1 Å². The summed E-state index contributed by atoms with van der Waals surface area (Å²) in [6.45, 7) is 1.86. The molecule has 19 heavy (non-hydrogen) atoms. The topological polar surface area (TPSA) is 49.3 Å². The van der Waals surface area contributed by atoms with E-state index in [-0.39, 0.29) is 11.4 Å². The first kappa shape index (κ1) is 13.5. The molecule has 0 atom stereocenters. The summed E-state index contributed by atoms with van der Waals surface area (Å²) >= 11 is 3.30. The number of carbonyl (C=O) groups is 1. The molecule has 0 fully saturated rings. The van der Waals surface area contributed by atoms with Crippen LogP contribution in [0.25, 0.3) is 0 Å². The van der Waals surface area contributed by atoms with Gasteiger partial charge < -0.3 is 10.4 Å². The summed E-state index contributed by atoms with van der Waals surface area (Å²) in [6.07, 6.45) is 0. The van der Waals surface area contributed by atoms with Crippen LogP contribution in [0.4, 0.5) is 10.1 Å². The second-order valence-electron chi connectivity index (χ2n) is 4.14. The highest BCUT2D eigenvalue weighted by Gasteiger charge is 2.10. The lowest BCUT2D eigenvalue weighted by molar-refractivity contribution is 0.102. The number of benzene rings is 2. The molecule has 0 aliphatic carbocycles. The first-order valence-electron chi connectivity index (χ1n) is 5.53. The molecule has 0 aliphatic rings. The molecule has 3 nitrogen and oxygen atoms in total. The number of carbonyl (C=O) groups excluding carboxylic acids is 1. The molecule has 0 unspecified atom stereocenters. The Bertz CT molecular complexity index is 623. The molecule has 1 amide bonds. The Kier molecular flexibility index (Phi) is 3.85. The Labute approximate surface area is 118 Å². The summed E-state index contributed by atoms with van der Waals surface area (Å²) in [5.74, 6) is -1.28. The summed E-state index contributed by atoms with van der Waals surface area (Å²) in [7, 11) is 0. The minimum atomic E-state index is -0.680. The van der Waals surface area contributed by atoms with Crippen LogP contribution in [0.5, 0.6) is 5.75 Å². The van der Waals surface area contributed by atoms with Crippen molar-refractivity contribution in [2.24, 2.45) is 0 Å². The SMILES string of the molecule is Cc1cc(Br)cc(C(=O)Nc2ccc(O)cc2F)c1. The molecule has 0 radical (unpaired) electrons. The van der Waals surface area contributed by atoms with Crippen LogP contribution in [-0.2, 0) is 0 Å². The van der Waals surface area contributed by atoms with Gasteiger partial charge in [-0.1, -0.05) is 15.9 Å². The minimum Gasteiger partial charge on any atom is -0.508 e. The van der Waals surface area contributed by atoms with Crippen LogP contribution >= 0.6 is 15.9 Å². The molecule has 0 saturated heterocycles. The molecular weight excluding hydrogens is 313 g/mol. The van der Waals surface area contributed by atoms with Gasteiger partial charge in [-0.25, -0.2) is 4.39 Å². The molecule has 2 N–H and O–H groups in total. The minimum absolute atomic E-state index is 0.0282. The molecule has 0 aromatic heterocycles. The number of anilines is 1. The van der Waals surface area contributed by atoms with Crippen molar-refractivity contribution in [3.05, 3.63) is 57.8 Å². The van der Waals surface area contributed by atoms with Crippen molar-refractivity contribution < 1.29 is 14.3 Å². The molecule has 0 bridgehead atoms. The number of nitrogens with one attached hydrogen (secondary N) is 1. The van der Waals surface area contributed by atoms with E-state index in [0.29, 0.717) is 5.56 Å². The maximum absolute atomic E-state index is 13.5. The van der Waals surface area contributed by atoms with Crippen LogP contribution in [0.15, 0.2) is 40.9 Å². The zero-order valence-electron chi connectivity index (χ0n) is 10.1. The Morgan fingerprint density at radius 3 is 2.63 bits per heavy atom. The van der Waals surface area contributed by atoms with E-state index >= 15 is 0 Å². The number of hydrogen-bond acceptors (Lipinski definition) is 2. The first-order chi connectivity index (χ1) is 8.95. The Morgan fingerprint density at radius 1 is 1.26 bits per heavy atom. The van der Waals surface area contributed by atoms with Crippen LogP contribution in [0.3, 0.4) is 0 Å². The number of amides is 1. The third kappa shape index (κ3) is 3.32. The molecule has 0 saturated carbocycles. The average Bonchev–Trinajstić information content (AvgIpc) is 2.31. The fraction of sp³-hybridized carbons (Fsp3) is 0.0714. The molecule has 2 rings (SSSR count). The number of aromatic hydroxyl groups is 1. The molecular formula is C14H11BrFNO2. The summed E-state index contributed by atoms with van der Waals surface area (Å²) in [6, 6.07) is 8.80. The van der Waals surface area contributed by atoms with Gasteiger partial charge in [0.15, 0.2) is 0 Å². The molecule has 2 aromatic carbocycles. The quantitative estimate of drug-likeness (QED) is 0.824. The van der Waals surface area contributed by atoms with E-state index in [0.717, 1.165) is 16.1 Å². The highest BCUT2D eigenvalue weighted by atomic mass is 79.9. The van der Waals surface area contributed by atoms with Crippen LogP contribution in [-0.4, -0.2) is 11.0 Å². The Morgan fingerprint density at radius 2 is 2.00 bits per heavy atom. The normalized spacial score (nSPS) is 10.3. The maximum Gasteiger partial charge on any atom is 0.255 e. The van der Waals surface area contributed by atoms with Gasteiger partial charge in [-0.05, 0) is 42.8 Å². The summed E-state index contributed by atoms with van der Waals surface area (Å²) in [4.78, 5) is 12.0. The second-order valence-corrected chi connectivity index (χ2v) is 5.05. The fourth-order valence-corrected chi connectivity index (χ4v) is 2.28. The highest BCUT2D eigenvalue weighted by Crippen LogP contribution is 2.21. The summed E-state index contributed by atoms with van der Waals surface area (Å²) < 4.78 is 14.3. The van der Waals surface area contributed by atoms with Gasteiger partial charge in [0.05, 0.1) is 5.69 Å². The largest absolute Gasteiger partial charge is 0.508 e. The Hall–Kier alpha value is -1.88. The lowest BCUT2D eigenvalue weighted by atomic mass is 10.1. The van der Waals surface area contributed by atoms with Crippen molar-refractivity contribution in [3.8, 4) is 5.75 Å². The van der Waals surface area contributed by atoms with E-state index in [1.54, 1.807) is 12.1 Å². The zero-order valence-corrected chi connectivity index (χ0v) is 11.7. The van der Waals surface area contributed by atoms with Crippen molar-refractivity contribution in [3.63, 3.8) is 0 Å². The number of phenolic OH excluding ortho intramolecular Hbond substituents is 1. The van der Waals surface area contributed by atoms with E-state index in [9.17, 15) is 9.18 Å². The Balaban J connectivity index is 2.25. The highest BCUT2D eigenvalue weighted by molar-refractivity contribution is 9.10. The lowest BCUT2D eigenvalue weighted by Crippen LogP contribution is -2.13. The summed E-state index contributed by atoms with van der Waals surface area (Å²) in [5.41, 5.74) is 1.38. The molecule has 5 heteroatoms. The second kappa shape index (κ2) is 5.40. The molecule has 2 aromatic rings. The predicted molar refractivity (Wildman–Crippen MR) is 74.9 cm³/mol. The van der Waals surface area contributed by atoms with Crippen molar-refractivity contribution in [1.29, 1.82) is 0 Å². The molecule has 0 spiro atoms. The fourth-order valence-electron chi connectivity index (χ4n) is 1.67. The molecule has 0 heterocycles. The van der Waals surface area contributed by atoms with Crippen LogP contribution in [0, 0.1) is 12.7 Å². The van der Waals surface area contributed by atoms with Crippen LogP contribution in [0.2, 0.25) is 0 Å². The van der Waals surface area contributed by atoms with E-state index < -0.39 is 11.7 Å². The zero-order chi connectivity index (χ0) is 14.0. The smallest absolute Gasteiger partial charge is 0.255 e. The van der Waals surface area contributed by atoms with E-state index in [1.807, 2.05) is 13.0 Å². The summed E-state index contributed by atoms with van der Waals surface area (Å²) in [5, 5.41) is 11.6. The van der Waals surface area contributed by atoms with Crippen molar-refractivity contribution in [2.45, 2.75) is 6.92 Å². The third-order valence-electron chi connectivity index (χ3n) is 2.51. The lowest BCUT2D eigenvalue weighted by Gasteiger charge is -2.08. The maximum atomic E-state index is 13.5. The van der Waals surface area contributed by atoms with Crippen LogP contribution < -0.4 is 5.32 Å². The van der Waals surface area contributed by atoms with Crippen molar-refractivity contribution in [1.82, 2.24) is 0 Å². The van der Waals surface area contributed by atoms with Crippen LogP contribution in [0.1, 0.15) is 15.9 Å². The van der Waals surface area contributed by atoms with E-state index in [4.69, 9.17) is 5.11 Å². The van der Waals surface area contributed by atoms with Gasteiger partial charge in [0.1, 0.15) is 11.6 Å².